The summed E-state index contributed by atoms with van der Waals surface area (Å²) in [6.07, 6.45) is 3.23. The first-order valence-corrected chi connectivity index (χ1v) is 6.05. The molecule has 1 aromatic rings. The Bertz CT molecular complexity index is 301. The highest BCUT2D eigenvalue weighted by molar-refractivity contribution is 7.99. The molecule has 0 aliphatic heterocycles. The molecular weight excluding hydrogens is 208 g/mol. The number of hydrogen-bond donors (Lipinski definition) is 1. The Kier molecular flexibility index (Phi) is 5.18. The van der Waals surface area contributed by atoms with E-state index in [2.05, 4.69) is 24.1 Å². The van der Waals surface area contributed by atoms with Gasteiger partial charge in [-0.05, 0) is 17.4 Å². The minimum absolute atomic E-state index is 0.0487. The third kappa shape index (κ3) is 4.83. The molecule has 0 saturated carbocycles. The zero-order valence-electron chi connectivity index (χ0n) is 9.06. The average molecular weight is 224 g/mol. The van der Waals surface area contributed by atoms with Crippen LogP contribution in [0.5, 0.6) is 0 Å². The number of hydrogen-bond acceptors (Lipinski definition) is 3. The van der Waals surface area contributed by atoms with Crippen LogP contribution in [0.25, 0.3) is 0 Å². The second-order valence-electron chi connectivity index (χ2n) is 3.42. The number of rotatable bonds is 5. The Balaban J connectivity index is 2.25. The highest BCUT2D eigenvalue weighted by Crippen LogP contribution is 2.07. The van der Waals surface area contributed by atoms with E-state index in [-0.39, 0.29) is 5.91 Å². The van der Waals surface area contributed by atoms with Crippen LogP contribution < -0.4 is 5.32 Å². The summed E-state index contributed by atoms with van der Waals surface area (Å²) in [4.78, 5) is 15.4. The Morgan fingerprint density at radius 3 is 3.00 bits per heavy atom. The van der Waals surface area contributed by atoms with Gasteiger partial charge in [0.05, 0.1) is 5.56 Å². The molecule has 0 saturated heterocycles. The maximum Gasteiger partial charge on any atom is 0.252 e. The van der Waals surface area contributed by atoms with Crippen molar-refractivity contribution in [2.24, 2.45) is 0 Å². The molecule has 0 spiro atoms. The minimum atomic E-state index is -0.0487. The molecule has 0 atom stereocenters. The Labute approximate surface area is 94.7 Å². The molecule has 1 aromatic heterocycles. The quantitative estimate of drug-likeness (QED) is 0.777. The van der Waals surface area contributed by atoms with Crippen molar-refractivity contribution in [2.75, 3.05) is 12.3 Å². The van der Waals surface area contributed by atoms with E-state index in [9.17, 15) is 4.79 Å². The van der Waals surface area contributed by atoms with Crippen LogP contribution in [0, 0.1) is 0 Å². The van der Waals surface area contributed by atoms with Gasteiger partial charge in [0, 0.05) is 24.7 Å². The lowest BCUT2D eigenvalue weighted by atomic mass is 10.3. The van der Waals surface area contributed by atoms with E-state index in [0.717, 1.165) is 5.75 Å². The maximum atomic E-state index is 11.5. The predicted molar refractivity (Wildman–Crippen MR) is 64.2 cm³/mol. The lowest BCUT2D eigenvalue weighted by Crippen LogP contribution is -2.26. The third-order valence-electron chi connectivity index (χ3n) is 1.76. The van der Waals surface area contributed by atoms with Crippen LogP contribution in [-0.2, 0) is 0 Å². The highest BCUT2D eigenvalue weighted by atomic mass is 32.2. The van der Waals surface area contributed by atoms with Gasteiger partial charge in [0.25, 0.3) is 5.91 Å². The summed E-state index contributed by atoms with van der Waals surface area (Å²) in [6.45, 7) is 5.00. The smallest absolute Gasteiger partial charge is 0.252 e. The van der Waals surface area contributed by atoms with Crippen molar-refractivity contribution < 1.29 is 4.79 Å². The Morgan fingerprint density at radius 2 is 2.40 bits per heavy atom. The van der Waals surface area contributed by atoms with Crippen molar-refractivity contribution in [3.05, 3.63) is 30.1 Å². The van der Waals surface area contributed by atoms with Crippen molar-refractivity contribution >= 4 is 17.7 Å². The first-order chi connectivity index (χ1) is 7.20. The lowest BCUT2D eigenvalue weighted by Gasteiger charge is -2.06. The normalized spacial score (nSPS) is 10.3. The van der Waals surface area contributed by atoms with Crippen LogP contribution in [-0.4, -0.2) is 28.4 Å². The van der Waals surface area contributed by atoms with Crippen LogP contribution in [0.4, 0.5) is 0 Å². The second-order valence-corrected chi connectivity index (χ2v) is 5.10. The Morgan fingerprint density at radius 1 is 1.60 bits per heavy atom. The molecule has 0 aliphatic carbocycles. The van der Waals surface area contributed by atoms with E-state index in [4.69, 9.17) is 0 Å². The lowest BCUT2D eigenvalue weighted by molar-refractivity contribution is 0.0956. The van der Waals surface area contributed by atoms with Crippen molar-refractivity contribution in [2.45, 2.75) is 19.1 Å². The summed E-state index contributed by atoms with van der Waals surface area (Å²) in [5, 5.41) is 3.47. The van der Waals surface area contributed by atoms with Crippen molar-refractivity contribution in [1.82, 2.24) is 10.3 Å². The van der Waals surface area contributed by atoms with Crippen LogP contribution in [0.3, 0.4) is 0 Å². The molecule has 3 nitrogen and oxygen atoms in total. The van der Waals surface area contributed by atoms with Gasteiger partial charge in [0.1, 0.15) is 0 Å². The van der Waals surface area contributed by atoms with Crippen molar-refractivity contribution in [3.8, 4) is 0 Å². The van der Waals surface area contributed by atoms with Gasteiger partial charge in [0.2, 0.25) is 0 Å². The van der Waals surface area contributed by atoms with Crippen LogP contribution in [0.2, 0.25) is 0 Å². The zero-order chi connectivity index (χ0) is 11.1. The molecular formula is C11H16N2OS. The molecule has 1 N–H and O–H groups in total. The summed E-state index contributed by atoms with van der Waals surface area (Å²) in [5.74, 6) is 0.899. The van der Waals surface area contributed by atoms with E-state index < -0.39 is 0 Å². The van der Waals surface area contributed by atoms with Crippen LogP contribution >= 0.6 is 11.8 Å². The Hall–Kier alpha value is -1.03. The van der Waals surface area contributed by atoms with E-state index in [1.165, 1.54) is 0 Å². The summed E-state index contributed by atoms with van der Waals surface area (Å²) < 4.78 is 0. The molecule has 15 heavy (non-hydrogen) atoms. The van der Waals surface area contributed by atoms with E-state index >= 15 is 0 Å². The number of carbonyl (C=O) groups is 1. The number of nitrogens with zero attached hydrogens (tertiary/aromatic N) is 1. The summed E-state index contributed by atoms with van der Waals surface area (Å²) in [5.41, 5.74) is 0.618. The average Bonchev–Trinajstić information content (AvgIpc) is 2.25. The monoisotopic (exact) mass is 224 g/mol. The van der Waals surface area contributed by atoms with Gasteiger partial charge in [-0.1, -0.05) is 13.8 Å². The predicted octanol–water partition coefficient (Wildman–Crippen LogP) is 1.95. The number of thioether (sulfide) groups is 1. The molecule has 82 valence electrons. The molecule has 0 unspecified atom stereocenters. The van der Waals surface area contributed by atoms with Gasteiger partial charge in [-0.15, -0.1) is 0 Å². The third-order valence-corrected chi connectivity index (χ3v) is 2.87. The van der Waals surface area contributed by atoms with E-state index in [1.807, 2.05) is 11.8 Å². The summed E-state index contributed by atoms with van der Waals surface area (Å²) in [6, 6.07) is 3.52. The van der Waals surface area contributed by atoms with Gasteiger partial charge in [0.15, 0.2) is 0 Å². The summed E-state index contributed by atoms with van der Waals surface area (Å²) in [7, 11) is 0. The minimum Gasteiger partial charge on any atom is -0.351 e. The molecule has 1 amide bonds. The van der Waals surface area contributed by atoms with E-state index in [1.54, 1.807) is 24.5 Å². The SMILES string of the molecule is CC(C)SCCNC(=O)c1cccnc1. The first-order valence-electron chi connectivity index (χ1n) is 5.00. The maximum absolute atomic E-state index is 11.5. The number of amides is 1. The standard InChI is InChI=1S/C11H16N2OS/c1-9(2)15-7-6-13-11(14)10-4-3-5-12-8-10/h3-5,8-9H,6-7H2,1-2H3,(H,13,14). The molecule has 1 rings (SSSR count). The summed E-state index contributed by atoms with van der Waals surface area (Å²) >= 11 is 1.84. The first kappa shape index (κ1) is 12.0. The van der Waals surface area contributed by atoms with Gasteiger partial charge < -0.3 is 5.32 Å². The van der Waals surface area contributed by atoms with Crippen LogP contribution in [0.1, 0.15) is 24.2 Å². The fourth-order valence-electron chi connectivity index (χ4n) is 1.06. The highest BCUT2D eigenvalue weighted by Gasteiger charge is 2.03. The van der Waals surface area contributed by atoms with E-state index in [0.29, 0.717) is 17.4 Å². The molecule has 0 aliphatic rings. The molecule has 0 aromatic carbocycles. The van der Waals surface area contributed by atoms with Gasteiger partial charge >= 0.3 is 0 Å². The van der Waals surface area contributed by atoms with Crippen LogP contribution in [0.15, 0.2) is 24.5 Å². The van der Waals surface area contributed by atoms with Gasteiger partial charge in [-0.2, -0.15) is 11.8 Å². The number of pyridine rings is 1. The van der Waals surface area contributed by atoms with Gasteiger partial charge in [-0.3, -0.25) is 9.78 Å². The molecule has 0 bridgehead atoms. The number of carbonyl (C=O) groups excluding carboxylic acids is 1. The van der Waals surface area contributed by atoms with Crippen molar-refractivity contribution in [1.29, 1.82) is 0 Å². The fourth-order valence-corrected chi connectivity index (χ4v) is 1.75. The topological polar surface area (TPSA) is 42.0 Å². The number of nitrogens with one attached hydrogen (secondary N) is 1. The molecule has 4 heteroatoms. The largest absolute Gasteiger partial charge is 0.351 e. The van der Waals surface area contributed by atoms with Crippen molar-refractivity contribution in [3.63, 3.8) is 0 Å². The molecule has 0 radical (unpaired) electrons. The molecule has 1 heterocycles. The number of aromatic nitrogens is 1. The zero-order valence-corrected chi connectivity index (χ0v) is 9.88. The fraction of sp³-hybridized carbons (Fsp3) is 0.455. The molecule has 0 fully saturated rings. The second kappa shape index (κ2) is 6.45. The van der Waals surface area contributed by atoms with Gasteiger partial charge in [-0.25, -0.2) is 0 Å².